The van der Waals surface area contributed by atoms with Gasteiger partial charge in [0.2, 0.25) is 10.0 Å². The summed E-state index contributed by atoms with van der Waals surface area (Å²) in [6, 6.07) is 0. The van der Waals surface area contributed by atoms with Gasteiger partial charge in [0.1, 0.15) is 5.75 Å². The maximum Gasteiger partial charge on any atom is 0.214 e. The van der Waals surface area contributed by atoms with Gasteiger partial charge in [0.25, 0.3) is 0 Å². The lowest BCUT2D eigenvalue weighted by atomic mass is 10.4. The summed E-state index contributed by atoms with van der Waals surface area (Å²) in [5.74, 6) is -0.107. The lowest BCUT2D eigenvalue weighted by Gasteiger charge is -1.93. The van der Waals surface area contributed by atoms with Crippen molar-refractivity contribution in [3.8, 4) is 0 Å². The third-order valence-corrected chi connectivity index (χ3v) is 3.28. The summed E-state index contributed by atoms with van der Waals surface area (Å²) in [4.78, 5) is 4.83. The minimum atomic E-state index is -3.42. The lowest BCUT2D eigenvalue weighted by Crippen LogP contribution is -2.14. The molecule has 0 bridgehead atoms. The Morgan fingerprint density at radius 3 is 2.42 bits per heavy atom. The van der Waals surface area contributed by atoms with E-state index in [0.29, 0.717) is 0 Å². The quantitative estimate of drug-likeness (QED) is 0.768. The van der Waals surface area contributed by atoms with E-state index in [9.17, 15) is 8.42 Å². The number of nitrogens with two attached hydrogens (primary N) is 1. The molecule has 1 heterocycles. The van der Waals surface area contributed by atoms with Gasteiger partial charge in [0.05, 0.1) is 10.7 Å². The lowest BCUT2D eigenvalue weighted by molar-refractivity contribution is 0.597. The topological polar surface area (TPSA) is 73.0 Å². The monoisotopic (exact) mass is 206 g/mol. The van der Waals surface area contributed by atoms with Gasteiger partial charge in [-0.15, -0.1) is 11.3 Å². The minimum Gasteiger partial charge on any atom is -0.247 e. The fraction of sp³-hybridized carbons (Fsp3) is 0.500. The molecule has 68 valence electrons. The van der Waals surface area contributed by atoms with Crippen molar-refractivity contribution in [1.82, 2.24) is 4.98 Å². The Bertz CT molecular complexity index is 380. The second-order valence-electron chi connectivity index (χ2n) is 2.55. The summed E-state index contributed by atoms with van der Waals surface area (Å²) in [6.45, 7) is 3.62. The van der Waals surface area contributed by atoms with E-state index in [2.05, 4.69) is 4.98 Å². The number of sulfonamides is 1. The summed E-state index contributed by atoms with van der Waals surface area (Å²) in [7, 11) is -3.42. The number of thiazole rings is 1. The van der Waals surface area contributed by atoms with Crippen LogP contribution in [0.5, 0.6) is 0 Å². The fourth-order valence-electron chi connectivity index (χ4n) is 0.890. The number of aryl methyl sites for hydroxylation is 2. The highest BCUT2D eigenvalue weighted by Gasteiger charge is 2.11. The molecule has 0 amide bonds. The molecule has 6 heteroatoms. The first-order valence-electron chi connectivity index (χ1n) is 3.32. The van der Waals surface area contributed by atoms with Gasteiger partial charge < -0.3 is 0 Å². The van der Waals surface area contributed by atoms with Crippen LogP contribution in [0, 0.1) is 13.8 Å². The molecular weight excluding hydrogens is 196 g/mol. The SMILES string of the molecule is Cc1nc(C)c(CS(N)(=O)=O)s1. The van der Waals surface area contributed by atoms with Gasteiger partial charge in [0.15, 0.2) is 0 Å². The van der Waals surface area contributed by atoms with Gasteiger partial charge in [-0.1, -0.05) is 0 Å². The third-order valence-electron chi connectivity index (χ3n) is 1.33. The second kappa shape index (κ2) is 3.12. The summed E-state index contributed by atoms with van der Waals surface area (Å²) < 4.78 is 21.4. The Morgan fingerprint density at radius 1 is 1.50 bits per heavy atom. The number of aromatic nitrogens is 1. The molecule has 0 radical (unpaired) electrons. The molecule has 0 atom stereocenters. The molecule has 1 aromatic rings. The van der Waals surface area contributed by atoms with Crippen molar-refractivity contribution in [3.63, 3.8) is 0 Å². The third kappa shape index (κ3) is 2.54. The molecule has 0 unspecified atom stereocenters. The molecule has 0 fully saturated rings. The van der Waals surface area contributed by atoms with Crippen LogP contribution in [-0.2, 0) is 15.8 Å². The largest absolute Gasteiger partial charge is 0.247 e. The Hall–Kier alpha value is -0.460. The molecule has 0 saturated carbocycles. The molecular formula is C6H10N2O2S2. The molecule has 12 heavy (non-hydrogen) atoms. The van der Waals surface area contributed by atoms with E-state index >= 15 is 0 Å². The average Bonchev–Trinajstić information content (AvgIpc) is 2.06. The zero-order valence-electron chi connectivity index (χ0n) is 6.86. The standard InChI is InChI=1S/C6H10N2O2S2/c1-4-6(3-12(7,9)10)11-5(2)8-4/h3H2,1-2H3,(H2,7,9,10). The van der Waals surface area contributed by atoms with Crippen LogP contribution in [0.25, 0.3) is 0 Å². The zero-order valence-corrected chi connectivity index (χ0v) is 8.50. The Labute approximate surface area is 75.5 Å². The van der Waals surface area contributed by atoms with E-state index in [0.717, 1.165) is 15.6 Å². The van der Waals surface area contributed by atoms with Gasteiger partial charge in [-0.3, -0.25) is 0 Å². The number of primary sulfonamides is 1. The maximum atomic E-state index is 10.7. The first-order valence-corrected chi connectivity index (χ1v) is 5.85. The fourth-order valence-corrected chi connectivity index (χ4v) is 2.93. The summed E-state index contributed by atoms with van der Waals surface area (Å²) >= 11 is 1.37. The predicted molar refractivity (Wildman–Crippen MR) is 48.4 cm³/mol. The second-order valence-corrected chi connectivity index (χ2v) is 5.45. The van der Waals surface area contributed by atoms with Crippen LogP contribution < -0.4 is 5.14 Å². The Kier molecular flexibility index (Phi) is 2.50. The van der Waals surface area contributed by atoms with E-state index in [4.69, 9.17) is 5.14 Å². The maximum absolute atomic E-state index is 10.7. The van der Waals surface area contributed by atoms with Crippen molar-refractivity contribution < 1.29 is 8.42 Å². The van der Waals surface area contributed by atoms with Gasteiger partial charge in [0, 0.05) is 4.88 Å². The van der Waals surface area contributed by atoms with Gasteiger partial charge in [-0.2, -0.15) is 0 Å². The number of hydrogen-bond donors (Lipinski definition) is 1. The average molecular weight is 206 g/mol. The molecule has 2 N–H and O–H groups in total. The van der Waals surface area contributed by atoms with Crippen LogP contribution in [0.3, 0.4) is 0 Å². The normalized spacial score (nSPS) is 11.9. The smallest absolute Gasteiger partial charge is 0.214 e. The van der Waals surface area contributed by atoms with E-state index < -0.39 is 10.0 Å². The van der Waals surface area contributed by atoms with E-state index in [1.807, 2.05) is 6.92 Å². The van der Waals surface area contributed by atoms with Crippen LogP contribution in [0.4, 0.5) is 0 Å². The molecule has 4 nitrogen and oxygen atoms in total. The zero-order chi connectivity index (χ0) is 9.35. The minimum absolute atomic E-state index is 0.107. The van der Waals surface area contributed by atoms with Gasteiger partial charge in [-0.05, 0) is 13.8 Å². The number of rotatable bonds is 2. The van der Waals surface area contributed by atoms with Crippen LogP contribution in [0.1, 0.15) is 15.6 Å². The summed E-state index contributed by atoms with van der Waals surface area (Å²) in [5, 5.41) is 5.76. The molecule has 0 saturated heterocycles. The Morgan fingerprint density at radius 2 is 2.08 bits per heavy atom. The molecule has 0 aromatic carbocycles. The van der Waals surface area contributed by atoms with Crippen LogP contribution in [0.15, 0.2) is 0 Å². The molecule has 1 aromatic heterocycles. The number of nitrogens with zero attached hydrogens (tertiary/aromatic N) is 1. The molecule has 0 aliphatic rings. The first kappa shape index (κ1) is 9.63. The van der Waals surface area contributed by atoms with E-state index in [-0.39, 0.29) is 5.75 Å². The molecule has 0 aliphatic heterocycles. The van der Waals surface area contributed by atoms with Crippen molar-refractivity contribution in [1.29, 1.82) is 0 Å². The van der Waals surface area contributed by atoms with Gasteiger partial charge in [-0.25, -0.2) is 18.5 Å². The molecule has 0 spiro atoms. The molecule has 1 rings (SSSR count). The Balaban J connectivity index is 2.97. The van der Waals surface area contributed by atoms with Crippen molar-refractivity contribution in [2.45, 2.75) is 19.6 Å². The number of hydrogen-bond acceptors (Lipinski definition) is 4. The van der Waals surface area contributed by atoms with Crippen LogP contribution in [0.2, 0.25) is 0 Å². The molecule has 0 aliphatic carbocycles. The van der Waals surface area contributed by atoms with Crippen molar-refractivity contribution in [3.05, 3.63) is 15.6 Å². The summed E-state index contributed by atoms with van der Waals surface area (Å²) in [6.07, 6.45) is 0. The van der Waals surface area contributed by atoms with Crippen LogP contribution >= 0.6 is 11.3 Å². The highest BCUT2D eigenvalue weighted by Crippen LogP contribution is 2.18. The summed E-state index contributed by atoms with van der Waals surface area (Å²) in [5.41, 5.74) is 0.756. The van der Waals surface area contributed by atoms with Gasteiger partial charge >= 0.3 is 0 Å². The highest BCUT2D eigenvalue weighted by molar-refractivity contribution is 7.88. The van der Waals surface area contributed by atoms with Crippen molar-refractivity contribution in [2.75, 3.05) is 0 Å². The van der Waals surface area contributed by atoms with Crippen molar-refractivity contribution >= 4 is 21.4 Å². The van der Waals surface area contributed by atoms with Crippen molar-refractivity contribution in [2.24, 2.45) is 5.14 Å². The van der Waals surface area contributed by atoms with E-state index in [1.165, 1.54) is 11.3 Å². The predicted octanol–water partition coefficient (Wildman–Crippen LogP) is 0.548. The first-order chi connectivity index (χ1) is 5.38. The van der Waals surface area contributed by atoms with Crippen LogP contribution in [-0.4, -0.2) is 13.4 Å². The highest BCUT2D eigenvalue weighted by atomic mass is 32.2. The van der Waals surface area contributed by atoms with E-state index in [1.54, 1.807) is 6.92 Å².